The standard InChI is InChI=1S/C18H18ClNO3S2/c19-16-6-2-1-5-15(16)17-9-10-20(11-13-25(17,22)23)18(21)8-7-14-4-3-12-24-14/h1-8,12,17H,9-11,13H2/b8-7+. The molecule has 0 aliphatic carbocycles. The van der Waals surface area contributed by atoms with Crippen LogP contribution in [0.5, 0.6) is 0 Å². The molecule has 0 N–H and O–H groups in total. The number of sulfone groups is 1. The number of carbonyl (C=O) groups excluding carboxylic acids is 1. The van der Waals surface area contributed by atoms with Gasteiger partial charge in [-0.3, -0.25) is 4.79 Å². The molecule has 1 aromatic heterocycles. The smallest absolute Gasteiger partial charge is 0.246 e. The molecule has 4 nitrogen and oxygen atoms in total. The summed E-state index contributed by atoms with van der Waals surface area (Å²) in [5.74, 6) is -0.218. The normalized spacial score (nSPS) is 20.5. The third kappa shape index (κ3) is 4.32. The molecule has 0 spiro atoms. The van der Waals surface area contributed by atoms with Gasteiger partial charge in [-0.2, -0.15) is 0 Å². The summed E-state index contributed by atoms with van der Waals surface area (Å²) in [4.78, 5) is 15.0. The summed E-state index contributed by atoms with van der Waals surface area (Å²) in [6.07, 6.45) is 3.62. The van der Waals surface area contributed by atoms with E-state index in [1.165, 1.54) is 6.08 Å². The van der Waals surface area contributed by atoms with Gasteiger partial charge in [-0.15, -0.1) is 11.3 Å². The number of carbonyl (C=O) groups is 1. The Balaban J connectivity index is 1.76. The number of thiophene rings is 1. The molecular weight excluding hydrogens is 378 g/mol. The summed E-state index contributed by atoms with van der Waals surface area (Å²) in [6.45, 7) is 0.597. The van der Waals surface area contributed by atoms with Crippen molar-refractivity contribution in [2.45, 2.75) is 11.7 Å². The zero-order valence-corrected chi connectivity index (χ0v) is 15.9. The molecule has 3 rings (SSSR count). The fourth-order valence-corrected chi connectivity index (χ4v) is 5.66. The molecule has 2 heterocycles. The second kappa shape index (κ2) is 7.72. The number of hydrogen-bond donors (Lipinski definition) is 0. The van der Waals surface area contributed by atoms with Crippen LogP contribution in [0.2, 0.25) is 5.02 Å². The zero-order valence-electron chi connectivity index (χ0n) is 13.5. The molecule has 0 bridgehead atoms. The Morgan fingerprint density at radius 3 is 2.72 bits per heavy atom. The minimum atomic E-state index is -3.36. The van der Waals surface area contributed by atoms with Crippen molar-refractivity contribution >= 4 is 44.8 Å². The third-order valence-electron chi connectivity index (χ3n) is 4.24. The lowest BCUT2D eigenvalue weighted by Crippen LogP contribution is -2.32. The lowest BCUT2D eigenvalue weighted by Gasteiger charge is -2.18. The van der Waals surface area contributed by atoms with Crippen LogP contribution in [0.1, 0.15) is 22.1 Å². The van der Waals surface area contributed by atoms with Crippen LogP contribution in [0, 0.1) is 0 Å². The van der Waals surface area contributed by atoms with Crippen molar-refractivity contribution in [3.8, 4) is 0 Å². The van der Waals surface area contributed by atoms with Gasteiger partial charge in [0.05, 0.1) is 11.0 Å². The SMILES string of the molecule is O=C(/C=C/c1cccs1)N1CCC(c2ccccc2Cl)S(=O)(=O)CC1. The Kier molecular flexibility index (Phi) is 5.61. The highest BCUT2D eigenvalue weighted by molar-refractivity contribution is 7.91. The first-order chi connectivity index (χ1) is 12.0. The van der Waals surface area contributed by atoms with Crippen molar-refractivity contribution in [3.05, 3.63) is 63.3 Å². The molecule has 0 saturated carbocycles. The summed E-state index contributed by atoms with van der Waals surface area (Å²) < 4.78 is 25.3. The maximum absolute atomic E-state index is 12.7. The first kappa shape index (κ1) is 18.2. The summed E-state index contributed by atoms with van der Waals surface area (Å²) in [7, 11) is -3.36. The van der Waals surface area contributed by atoms with Gasteiger partial charge in [0.1, 0.15) is 0 Å². The highest BCUT2D eigenvalue weighted by Gasteiger charge is 2.33. The fourth-order valence-electron chi connectivity index (χ4n) is 2.89. The summed E-state index contributed by atoms with van der Waals surface area (Å²) >= 11 is 7.74. The molecule has 1 unspecified atom stereocenters. The quantitative estimate of drug-likeness (QED) is 0.742. The number of rotatable bonds is 3. The average molecular weight is 396 g/mol. The average Bonchev–Trinajstić information content (AvgIpc) is 3.05. The molecule has 1 atom stereocenters. The minimum Gasteiger partial charge on any atom is -0.338 e. The second-order valence-corrected chi connectivity index (χ2v) is 9.53. The zero-order chi connectivity index (χ0) is 17.9. The molecule has 25 heavy (non-hydrogen) atoms. The predicted octanol–water partition coefficient (Wildman–Crippen LogP) is 3.80. The van der Waals surface area contributed by atoms with E-state index in [9.17, 15) is 13.2 Å². The van der Waals surface area contributed by atoms with Crippen LogP contribution in [-0.2, 0) is 14.6 Å². The molecule has 0 radical (unpaired) electrons. The van der Waals surface area contributed by atoms with Crippen molar-refractivity contribution in [2.75, 3.05) is 18.8 Å². The molecule has 1 saturated heterocycles. The van der Waals surface area contributed by atoms with Crippen molar-refractivity contribution in [1.29, 1.82) is 0 Å². The van der Waals surface area contributed by atoms with Crippen LogP contribution in [0.3, 0.4) is 0 Å². The van der Waals surface area contributed by atoms with E-state index in [4.69, 9.17) is 11.6 Å². The molecule has 1 aliphatic heterocycles. The van der Waals surface area contributed by atoms with Gasteiger partial charge in [0.15, 0.2) is 9.84 Å². The van der Waals surface area contributed by atoms with E-state index in [1.807, 2.05) is 17.5 Å². The van der Waals surface area contributed by atoms with Crippen LogP contribution < -0.4 is 0 Å². The number of halogens is 1. The number of hydrogen-bond acceptors (Lipinski definition) is 4. The number of amides is 1. The van der Waals surface area contributed by atoms with Crippen LogP contribution in [0.25, 0.3) is 6.08 Å². The highest BCUT2D eigenvalue weighted by atomic mass is 35.5. The maximum Gasteiger partial charge on any atom is 0.246 e. The molecule has 7 heteroatoms. The topological polar surface area (TPSA) is 54.5 Å². The minimum absolute atomic E-state index is 0.0541. The molecule has 1 amide bonds. The maximum atomic E-state index is 12.7. The summed E-state index contributed by atoms with van der Waals surface area (Å²) in [5, 5.41) is 1.73. The molecule has 1 aliphatic rings. The van der Waals surface area contributed by atoms with E-state index in [-0.39, 0.29) is 18.2 Å². The lowest BCUT2D eigenvalue weighted by atomic mass is 10.1. The molecule has 132 valence electrons. The predicted molar refractivity (Wildman–Crippen MR) is 103 cm³/mol. The van der Waals surface area contributed by atoms with E-state index in [2.05, 4.69) is 0 Å². The second-order valence-electron chi connectivity index (χ2n) is 5.84. The summed E-state index contributed by atoms with van der Waals surface area (Å²) in [5.41, 5.74) is 0.618. The van der Waals surface area contributed by atoms with E-state index < -0.39 is 15.1 Å². The Morgan fingerprint density at radius 1 is 1.20 bits per heavy atom. The Morgan fingerprint density at radius 2 is 2.00 bits per heavy atom. The molecular formula is C18H18ClNO3S2. The van der Waals surface area contributed by atoms with Gasteiger partial charge in [-0.05, 0) is 35.6 Å². The largest absolute Gasteiger partial charge is 0.338 e. The Hall–Kier alpha value is -1.63. The first-order valence-electron chi connectivity index (χ1n) is 7.94. The van der Waals surface area contributed by atoms with Crippen LogP contribution in [-0.4, -0.2) is 38.1 Å². The third-order valence-corrected chi connectivity index (χ3v) is 7.53. The van der Waals surface area contributed by atoms with E-state index in [1.54, 1.807) is 46.6 Å². The number of nitrogens with zero attached hydrogens (tertiary/aromatic N) is 1. The van der Waals surface area contributed by atoms with E-state index >= 15 is 0 Å². The monoisotopic (exact) mass is 395 g/mol. The van der Waals surface area contributed by atoms with Gasteiger partial charge in [-0.25, -0.2) is 8.42 Å². The van der Waals surface area contributed by atoms with Gasteiger partial charge < -0.3 is 4.90 Å². The molecule has 2 aromatic rings. The summed E-state index contributed by atoms with van der Waals surface area (Å²) in [6, 6.07) is 10.9. The van der Waals surface area contributed by atoms with Crippen molar-refractivity contribution < 1.29 is 13.2 Å². The van der Waals surface area contributed by atoms with Crippen molar-refractivity contribution in [2.24, 2.45) is 0 Å². The Labute approximate surface area is 156 Å². The molecule has 1 aromatic carbocycles. The number of benzene rings is 1. The van der Waals surface area contributed by atoms with Gasteiger partial charge in [0.2, 0.25) is 5.91 Å². The van der Waals surface area contributed by atoms with Crippen LogP contribution >= 0.6 is 22.9 Å². The van der Waals surface area contributed by atoms with E-state index in [0.29, 0.717) is 23.6 Å². The van der Waals surface area contributed by atoms with Gasteiger partial charge in [0, 0.05) is 29.1 Å². The molecule has 1 fully saturated rings. The first-order valence-corrected chi connectivity index (χ1v) is 10.9. The van der Waals surface area contributed by atoms with Crippen LogP contribution in [0.4, 0.5) is 0 Å². The lowest BCUT2D eigenvalue weighted by molar-refractivity contribution is -0.125. The van der Waals surface area contributed by atoms with Crippen LogP contribution in [0.15, 0.2) is 47.9 Å². The fraction of sp³-hybridized carbons (Fsp3) is 0.278. The highest BCUT2D eigenvalue weighted by Crippen LogP contribution is 2.33. The van der Waals surface area contributed by atoms with Gasteiger partial charge in [-0.1, -0.05) is 35.9 Å². The van der Waals surface area contributed by atoms with Gasteiger partial charge >= 0.3 is 0 Å². The Bertz CT molecular complexity index is 875. The van der Waals surface area contributed by atoms with Gasteiger partial charge in [0.25, 0.3) is 0 Å². The van der Waals surface area contributed by atoms with E-state index in [0.717, 1.165) is 4.88 Å². The van der Waals surface area contributed by atoms with Crippen molar-refractivity contribution in [1.82, 2.24) is 4.90 Å². The van der Waals surface area contributed by atoms with Crippen molar-refractivity contribution in [3.63, 3.8) is 0 Å².